The van der Waals surface area contributed by atoms with Gasteiger partial charge >= 0.3 is 0 Å². The standard InChI is InChI=1S/C14H20FN3/c1-3-13(17)14(18(2)10-4-9-16)11-5-7-12(15)8-6-11/h5-8,13-14H,3-4,10,17H2,1-2H3. The van der Waals surface area contributed by atoms with E-state index in [1.54, 1.807) is 12.1 Å². The van der Waals surface area contributed by atoms with Crippen molar-refractivity contribution in [2.75, 3.05) is 13.6 Å². The van der Waals surface area contributed by atoms with Gasteiger partial charge in [-0.15, -0.1) is 0 Å². The van der Waals surface area contributed by atoms with Crippen molar-refractivity contribution in [1.82, 2.24) is 4.90 Å². The summed E-state index contributed by atoms with van der Waals surface area (Å²) in [5, 5.41) is 8.64. The zero-order valence-corrected chi connectivity index (χ0v) is 10.9. The first-order valence-electron chi connectivity index (χ1n) is 6.18. The maximum absolute atomic E-state index is 12.9. The van der Waals surface area contributed by atoms with Gasteiger partial charge in [0.1, 0.15) is 5.82 Å². The Morgan fingerprint density at radius 2 is 2.00 bits per heavy atom. The fourth-order valence-electron chi connectivity index (χ4n) is 2.08. The van der Waals surface area contributed by atoms with E-state index in [1.807, 2.05) is 14.0 Å². The Morgan fingerprint density at radius 3 is 2.50 bits per heavy atom. The van der Waals surface area contributed by atoms with Crippen LogP contribution in [0.15, 0.2) is 24.3 Å². The van der Waals surface area contributed by atoms with Crippen molar-refractivity contribution >= 4 is 0 Å². The van der Waals surface area contributed by atoms with Gasteiger partial charge < -0.3 is 5.73 Å². The summed E-state index contributed by atoms with van der Waals surface area (Å²) < 4.78 is 12.9. The van der Waals surface area contributed by atoms with E-state index in [2.05, 4.69) is 11.0 Å². The lowest BCUT2D eigenvalue weighted by atomic mass is 9.96. The largest absolute Gasteiger partial charge is 0.326 e. The van der Waals surface area contributed by atoms with Crippen LogP contribution in [0.2, 0.25) is 0 Å². The Bertz CT molecular complexity index is 396. The van der Waals surface area contributed by atoms with Gasteiger partial charge in [-0.05, 0) is 31.2 Å². The lowest BCUT2D eigenvalue weighted by Crippen LogP contribution is -2.39. The Hall–Kier alpha value is -1.44. The molecule has 0 aliphatic rings. The number of likely N-dealkylation sites (N-methyl/N-ethyl adjacent to an activating group) is 1. The average molecular weight is 249 g/mol. The normalized spacial score (nSPS) is 14.2. The molecule has 2 N–H and O–H groups in total. The maximum Gasteiger partial charge on any atom is 0.123 e. The van der Waals surface area contributed by atoms with Gasteiger partial charge in [-0.3, -0.25) is 4.90 Å². The molecule has 0 saturated carbocycles. The molecule has 1 rings (SSSR count). The number of nitriles is 1. The van der Waals surface area contributed by atoms with Gasteiger partial charge in [0.2, 0.25) is 0 Å². The fraction of sp³-hybridized carbons (Fsp3) is 0.500. The van der Waals surface area contributed by atoms with Gasteiger partial charge in [-0.2, -0.15) is 5.26 Å². The van der Waals surface area contributed by atoms with E-state index < -0.39 is 0 Å². The minimum atomic E-state index is -0.248. The fourth-order valence-corrected chi connectivity index (χ4v) is 2.08. The van der Waals surface area contributed by atoms with Crippen LogP contribution < -0.4 is 5.73 Å². The third-order valence-electron chi connectivity index (χ3n) is 3.14. The average Bonchev–Trinajstić information content (AvgIpc) is 2.38. The van der Waals surface area contributed by atoms with Crippen molar-refractivity contribution in [3.05, 3.63) is 35.6 Å². The van der Waals surface area contributed by atoms with E-state index in [0.717, 1.165) is 12.0 Å². The molecule has 2 atom stereocenters. The van der Waals surface area contributed by atoms with Crippen molar-refractivity contribution in [2.24, 2.45) is 5.73 Å². The quantitative estimate of drug-likeness (QED) is 0.842. The molecular weight excluding hydrogens is 229 g/mol. The summed E-state index contributed by atoms with van der Waals surface area (Å²) >= 11 is 0. The summed E-state index contributed by atoms with van der Waals surface area (Å²) in [4.78, 5) is 2.06. The van der Waals surface area contributed by atoms with E-state index in [4.69, 9.17) is 11.0 Å². The zero-order valence-electron chi connectivity index (χ0n) is 10.9. The monoisotopic (exact) mass is 249 g/mol. The Kier molecular flexibility index (Phi) is 5.76. The predicted molar refractivity (Wildman–Crippen MR) is 70.3 cm³/mol. The highest BCUT2D eigenvalue weighted by molar-refractivity contribution is 5.21. The van der Waals surface area contributed by atoms with Gasteiger partial charge in [-0.1, -0.05) is 19.1 Å². The molecule has 0 fully saturated rings. The van der Waals surface area contributed by atoms with E-state index in [1.165, 1.54) is 12.1 Å². The highest BCUT2D eigenvalue weighted by atomic mass is 19.1. The third-order valence-corrected chi connectivity index (χ3v) is 3.14. The molecule has 2 unspecified atom stereocenters. The van der Waals surface area contributed by atoms with Crippen molar-refractivity contribution in [3.8, 4) is 6.07 Å². The minimum absolute atomic E-state index is 0.0175. The van der Waals surface area contributed by atoms with Crippen LogP contribution in [0.3, 0.4) is 0 Å². The van der Waals surface area contributed by atoms with Crippen LogP contribution >= 0.6 is 0 Å². The summed E-state index contributed by atoms with van der Waals surface area (Å²) in [6, 6.07) is 8.54. The van der Waals surface area contributed by atoms with Gasteiger partial charge in [0, 0.05) is 25.0 Å². The molecule has 98 valence electrons. The number of nitrogens with two attached hydrogens (primary N) is 1. The molecule has 0 aliphatic carbocycles. The van der Waals surface area contributed by atoms with Crippen LogP contribution in [0, 0.1) is 17.1 Å². The van der Waals surface area contributed by atoms with Crippen LogP contribution in [0.4, 0.5) is 4.39 Å². The summed E-state index contributed by atoms with van der Waals surface area (Å²) in [6.07, 6.45) is 1.30. The first kappa shape index (κ1) is 14.6. The first-order valence-corrected chi connectivity index (χ1v) is 6.18. The molecule has 0 radical (unpaired) electrons. The Balaban J connectivity index is 2.91. The second-order valence-corrected chi connectivity index (χ2v) is 4.46. The molecule has 0 saturated heterocycles. The number of hydrogen-bond acceptors (Lipinski definition) is 3. The van der Waals surface area contributed by atoms with E-state index in [-0.39, 0.29) is 17.9 Å². The second-order valence-electron chi connectivity index (χ2n) is 4.46. The van der Waals surface area contributed by atoms with Gasteiger partial charge in [0.05, 0.1) is 6.07 Å². The van der Waals surface area contributed by atoms with Crippen LogP contribution in [0.5, 0.6) is 0 Å². The molecule has 0 heterocycles. The zero-order chi connectivity index (χ0) is 13.5. The predicted octanol–water partition coefficient (Wildman–Crippen LogP) is 2.45. The lowest BCUT2D eigenvalue weighted by Gasteiger charge is -2.32. The molecule has 1 aromatic rings. The molecule has 0 aliphatic heterocycles. The van der Waals surface area contributed by atoms with E-state index in [9.17, 15) is 4.39 Å². The van der Waals surface area contributed by atoms with Crippen LogP contribution in [0.25, 0.3) is 0 Å². The van der Waals surface area contributed by atoms with Crippen molar-refractivity contribution in [2.45, 2.75) is 31.8 Å². The van der Waals surface area contributed by atoms with E-state index in [0.29, 0.717) is 13.0 Å². The number of benzene rings is 1. The third kappa shape index (κ3) is 3.80. The molecule has 3 nitrogen and oxygen atoms in total. The van der Waals surface area contributed by atoms with Gasteiger partial charge in [0.25, 0.3) is 0 Å². The SMILES string of the molecule is CCC(N)C(c1ccc(F)cc1)N(C)CCC#N. The Labute approximate surface area is 108 Å². The number of hydrogen-bond donors (Lipinski definition) is 1. The smallest absolute Gasteiger partial charge is 0.123 e. The molecule has 0 aromatic heterocycles. The lowest BCUT2D eigenvalue weighted by molar-refractivity contribution is 0.214. The summed E-state index contributed by atoms with van der Waals surface area (Å²) in [6.45, 7) is 2.69. The number of nitrogens with zero attached hydrogens (tertiary/aromatic N) is 2. The Morgan fingerprint density at radius 1 is 1.39 bits per heavy atom. The summed E-state index contributed by atoms with van der Waals surface area (Å²) in [5.41, 5.74) is 7.13. The number of halogens is 1. The first-order chi connectivity index (χ1) is 8.60. The van der Waals surface area contributed by atoms with Crippen molar-refractivity contribution < 1.29 is 4.39 Å². The van der Waals surface area contributed by atoms with Crippen LogP contribution in [0.1, 0.15) is 31.4 Å². The van der Waals surface area contributed by atoms with Gasteiger partial charge in [-0.25, -0.2) is 4.39 Å². The molecule has 0 bridgehead atoms. The number of rotatable bonds is 6. The highest BCUT2D eigenvalue weighted by Crippen LogP contribution is 2.24. The van der Waals surface area contributed by atoms with Crippen molar-refractivity contribution in [3.63, 3.8) is 0 Å². The van der Waals surface area contributed by atoms with Crippen molar-refractivity contribution in [1.29, 1.82) is 5.26 Å². The highest BCUT2D eigenvalue weighted by Gasteiger charge is 2.22. The topological polar surface area (TPSA) is 53.0 Å². The molecule has 4 heteroatoms. The molecule has 1 aromatic carbocycles. The summed E-state index contributed by atoms with van der Waals surface area (Å²) in [5.74, 6) is -0.248. The molecule has 18 heavy (non-hydrogen) atoms. The van der Waals surface area contributed by atoms with Crippen LogP contribution in [-0.2, 0) is 0 Å². The maximum atomic E-state index is 12.9. The summed E-state index contributed by atoms with van der Waals surface area (Å²) in [7, 11) is 1.95. The van der Waals surface area contributed by atoms with Gasteiger partial charge in [0.15, 0.2) is 0 Å². The molecule has 0 amide bonds. The molecule has 0 spiro atoms. The minimum Gasteiger partial charge on any atom is -0.326 e. The molecular formula is C14H20FN3. The van der Waals surface area contributed by atoms with E-state index >= 15 is 0 Å². The second kappa shape index (κ2) is 7.10. The van der Waals surface area contributed by atoms with Crippen LogP contribution in [-0.4, -0.2) is 24.5 Å².